The lowest BCUT2D eigenvalue weighted by Crippen LogP contribution is -2.41. The number of Topliss-reactive ketones (excluding diaryl/α,β-unsaturated/α-hetero) is 2. The van der Waals surface area contributed by atoms with Crippen LogP contribution in [0.5, 0.6) is 17.2 Å². The second-order valence-corrected chi connectivity index (χ2v) is 21.8. The number of likely N-dealkylation sites (N-methyl/N-ethyl adjacent to an activating group) is 2. The fourth-order valence-corrected chi connectivity index (χ4v) is 11.5. The second-order valence-electron chi connectivity index (χ2n) is 21.8. The van der Waals surface area contributed by atoms with Gasteiger partial charge in [-0.3, -0.25) is 43.3 Å². The van der Waals surface area contributed by atoms with E-state index in [1.54, 1.807) is 30.0 Å². The molecule has 18 nitrogen and oxygen atoms in total. The van der Waals surface area contributed by atoms with E-state index in [-0.39, 0.29) is 96.0 Å². The summed E-state index contributed by atoms with van der Waals surface area (Å²) in [5.74, 6) is -3.81. The van der Waals surface area contributed by atoms with Gasteiger partial charge in [0.15, 0.2) is 17.3 Å². The number of hydrogen-bond acceptors (Lipinski definition) is 13. The van der Waals surface area contributed by atoms with Crippen molar-refractivity contribution in [1.82, 2.24) is 10.2 Å². The average molecular weight is 1120 g/mol. The number of rotatable bonds is 22. The molecule has 5 aromatic carbocycles. The zero-order chi connectivity index (χ0) is 61.5. The minimum Gasteiger partial charge on any atom is -0.493 e. The molecule has 5 aliphatic heterocycles. The molecule has 0 saturated carbocycles. The number of unbranched alkanes of at least 4 members (excludes halogenated alkanes) is 1. The van der Waals surface area contributed by atoms with Crippen LogP contribution < -0.4 is 44.4 Å². The maximum Gasteiger partial charge on any atom is 0.260 e. The predicted octanol–water partition coefficient (Wildman–Crippen LogP) is 8.08. The first kappa shape index (κ1) is 51.4. The summed E-state index contributed by atoms with van der Waals surface area (Å²) in [5.41, 5.74) is 5.40. The van der Waals surface area contributed by atoms with Crippen LogP contribution in [-0.2, 0) is 54.7 Å². The van der Waals surface area contributed by atoms with Crippen LogP contribution in [0.2, 0.25) is 0 Å². The number of amides is 6. The number of ether oxygens (including phenoxy) is 3. The number of nitrogens with zero attached hydrogens (tertiary/aromatic N) is 5. The minimum absolute atomic E-state index is 0.0401. The number of para-hydroxylation sites is 2. The minimum atomic E-state index is -2.80. The van der Waals surface area contributed by atoms with Gasteiger partial charge in [0, 0.05) is 107 Å². The van der Waals surface area contributed by atoms with Crippen molar-refractivity contribution in [2.24, 2.45) is 5.92 Å². The zero-order valence-corrected chi connectivity index (χ0v) is 46.8. The van der Waals surface area contributed by atoms with E-state index in [2.05, 4.69) is 10.6 Å². The van der Waals surface area contributed by atoms with Crippen molar-refractivity contribution in [2.75, 3.05) is 65.8 Å². The third-order valence-electron chi connectivity index (χ3n) is 15.8. The van der Waals surface area contributed by atoms with Crippen LogP contribution in [0.3, 0.4) is 0 Å². The molecule has 0 aromatic heterocycles. The van der Waals surface area contributed by atoms with Crippen LogP contribution in [0.25, 0.3) is 0 Å². The lowest BCUT2D eigenvalue weighted by atomic mass is 9.99. The summed E-state index contributed by atoms with van der Waals surface area (Å²) >= 11 is 0. The van der Waals surface area contributed by atoms with Gasteiger partial charge in [-0.1, -0.05) is 43.3 Å². The van der Waals surface area contributed by atoms with E-state index < -0.39 is 54.5 Å². The van der Waals surface area contributed by atoms with Crippen molar-refractivity contribution < 1.29 is 58.0 Å². The molecule has 82 heavy (non-hydrogen) atoms. The van der Waals surface area contributed by atoms with Crippen molar-refractivity contribution in [3.63, 3.8) is 0 Å². The molecule has 5 heterocycles. The average Bonchev–Trinajstić information content (AvgIpc) is 3.39. The van der Waals surface area contributed by atoms with E-state index in [4.69, 9.17) is 14.2 Å². The second kappa shape index (κ2) is 24.1. The van der Waals surface area contributed by atoms with Crippen molar-refractivity contribution >= 4 is 75.4 Å². The monoisotopic (exact) mass is 1120 g/mol. The van der Waals surface area contributed by atoms with E-state index >= 15 is 0 Å². The highest BCUT2D eigenvalue weighted by Gasteiger charge is 2.41. The Morgan fingerprint density at radius 1 is 0.659 bits per heavy atom. The van der Waals surface area contributed by atoms with Crippen LogP contribution in [0.15, 0.2) is 103 Å². The van der Waals surface area contributed by atoms with E-state index in [9.17, 15) is 43.8 Å². The van der Waals surface area contributed by atoms with Gasteiger partial charge in [-0.05, 0) is 116 Å². The van der Waals surface area contributed by atoms with Gasteiger partial charge < -0.3 is 44.4 Å². The first-order valence-corrected chi connectivity index (χ1v) is 27.8. The normalized spacial score (nSPS) is 18.5. The first-order chi connectivity index (χ1) is 40.9. The highest BCUT2D eigenvalue weighted by molar-refractivity contribution is 6.14. The van der Waals surface area contributed by atoms with Crippen LogP contribution in [0.1, 0.15) is 113 Å². The molecule has 0 bridgehead atoms. The Bertz CT molecular complexity index is 3610. The Morgan fingerprint density at radius 3 is 1.79 bits per heavy atom. The standard InChI is InChI=1S/C64H69N7O11/c1-38-24-49-53(67(4)34-46-29-43-14-7-10-18-51(43)70(46)63(49)78)32-56(38)81-36-41-26-42(37-82-58-33-54-50(31-57(58)80-6)64(79)71-47(35-68(54)5)30-44-15-8-11-19-52(44)71)28-45(27-41)66-62(77)39(2)25-55(73)40(3)65-59(74)20-12-9-16-48(72)17-13-23-69-60(75)21-22-61(69)76/h7-8,10-11,14-15,18-19,21-22,24,26-28,31-33,39-40,46-47H,9,12-13,16-17,20,23,25,29-30,34-37H2,1-6H3,(H,65,74)(H,66,77)/t39?,40?,46-,47-/m0/s1/i36D2,37D2. The summed E-state index contributed by atoms with van der Waals surface area (Å²) in [5, 5.41) is 5.42. The predicted molar refractivity (Wildman–Crippen MR) is 311 cm³/mol. The number of benzene rings is 5. The van der Waals surface area contributed by atoms with Gasteiger partial charge in [-0.25, -0.2) is 0 Å². The van der Waals surface area contributed by atoms with Gasteiger partial charge in [-0.2, -0.15) is 0 Å². The summed E-state index contributed by atoms with van der Waals surface area (Å²) < 4.78 is 56.3. The number of nitrogens with one attached hydrogen (secondary N) is 2. The molecule has 10 rings (SSSR count). The molecule has 5 aromatic rings. The molecule has 426 valence electrons. The lowest BCUT2D eigenvalue weighted by Gasteiger charge is -2.25. The maximum absolute atomic E-state index is 14.4. The number of carbonyl (C=O) groups excluding carboxylic acids is 8. The molecule has 0 radical (unpaired) electrons. The largest absolute Gasteiger partial charge is 0.493 e. The van der Waals surface area contributed by atoms with Crippen molar-refractivity contribution in [2.45, 2.75) is 110 Å². The van der Waals surface area contributed by atoms with Crippen LogP contribution in [-0.4, -0.2) is 111 Å². The highest BCUT2D eigenvalue weighted by atomic mass is 16.5. The fraction of sp³-hybridized carbons (Fsp3) is 0.375. The van der Waals surface area contributed by atoms with Crippen molar-refractivity contribution in [1.29, 1.82) is 0 Å². The number of ketones is 2. The fourth-order valence-electron chi connectivity index (χ4n) is 11.5. The number of fused-ring (bicyclic) bond motifs is 8. The summed E-state index contributed by atoms with van der Waals surface area (Å²) in [7, 11) is 5.07. The summed E-state index contributed by atoms with van der Waals surface area (Å²) in [6.45, 7) is 0.255. The highest BCUT2D eigenvalue weighted by Crippen LogP contribution is 2.43. The molecule has 0 aliphatic carbocycles. The van der Waals surface area contributed by atoms with Crippen LogP contribution in [0, 0.1) is 12.8 Å². The zero-order valence-electron chi connectivity index (χ0n) is 50.8. The number of hydrogen-bond donors (Lipinski definition) is 2. The van der Waals surface area contributed by atoms with Gasteiger partial charge in [0.2, 0.25) is 11.8 Å². The van der Waals surface area contributed by atoms with E-state index in [0.717, 1.165) is 27.4 Å². The number of aryl methyl sites for hydroxylation is 1. The van der Waals surface area contributed by atoms with Crippen molar-refractivity contribution in [3.05, 3.63) is 142 Å². The Hall–Kier alpha value is -8.80. The molecule has 0 spiro atoms. The summed E-state index contributed by atoms with van der Waals surface area (Å²) in [6.07, 6.45) is 4.93. The van der Waals surface area contributed by atoms with Gasteiger partial charge in [-0.15, -0.1) is 0 Å². The molecular formula is C64H69N7O11. The van der Waals surface area contributed by atoms with Crippen LogP contribution >= 0.6 is 0 Å². The Morgan fingerprint density at radius 2 is 1.20 bits per heavy atom. The van der Waals surface area contributed by atoms with Gasteiger partial charge in [0.25, 0.3) is 23.6 Å². The molecule has 0 fully saturated rings. The Kier molecular flexibility index (Phi) is 15.1. The topological polar surface area (TPSA) is 205 Å². The number of anilines is 5. The molecule has 2 unspecified atom stereocenters. The molecule has 18 heteroatoms. The summed E-state index contributed by atoms with van der Waals surface area (Å²) in [6, 6.07) is 24.4. The third-order valence-corrected chi connectivity index (χ3v) is 15.8. The van der Waals surface area contributed by atoms with Crippen LogP contribution in [0.4, 0.5) is 28.4 Å². The molecule has 6 amide bonds. The number of methoxy groups -OCH3 is 1. The lowest BCUT2D eigenvalue weighted by molar-refractivity contribution is -0.137. The van der Waals surface area contributed by atoms with Crippen molar-refractivity contribution in [3.8, 4) is 17.2 Å². The van der Waals surface area contributed by atoms with E-state index in [1.807, 2.05) is 77.3 Å². The quantitative estimate of drug-likeness (QED) is 0.0498. The maximum atomic E-state index is 14.4. The SMILES string of the molecule is [2H]C([2H])(Oc1cc2c(cc1C)C(=O)N1c3ccccc3C[C@H]1CN2C)c1cc(NC(=O)C(C)CC(=O)C(C)NC(=O)CCCCC(=O)CCCN2C(=O)C=CC2=O)cc(C([2H])([2H])Oc2cc3c(cc2OC)C(=O)N2c4ccccc4C[C@H]2CN3C)c1. The Balaban J connectivity index is 0.864. The molecular weight excluding hydrogens is 1040 g/mol. The first-order valence-electron chi connectivity index (χ1n) is 29.8. The van der Waals surface area contributed by atoms with Gasteiger partial charge in [0.05, 0.1) is 53.2 Å². The third kappa shape index (κ3) is 12.0. The summed E-state index contributed by atoms with van der Waals surface area (Å²) in [4.78, 5) is 114. The van der Waals surface area contributed by atoms with E-state index in [0.29, 0.717) is 73.3 Å². The molecule has 2 N–H and O–H groups in total. The molecule has 4 atom stereocenters. The van der Waals surface area contributed by atoms with Gasteiger partial charge in [0.1, 0.15) is 24.7 Å². The smallest absolute Gasteiger partial charge is 0.260 e. The Labute approximate surface area is 483 Å². The number of imide groups is 1. The molecule has 5 aliphatic rings. The van der Waals surface area contributed by atoms with Gasteiger partial charge >= 0.3 is 0 Å². The molecule has 0 saturated heterocycles. The van der Waals surface area contributed by atoms with E-state index in [1.165, 1.54) is 57.4 Å². The number of carbonyl (C=O) groups is 8.